The summed E-state index contributed by atoms with van der Waals surface area (Å²) in [7, 11) is 3.08. The summed E-state index contributed by atoms with van der Waals surface area (Å²) >= 11 is 1.35. The van der Waals surface area contributed by atoms with Gasteiger partial charge in [-0.3, -0.25) is 9.59 Å². The molecule has 2 amide bonds. The first kappa shape index (κ1) is 26.4. The summed E-state index contributed by atoms with van der Waals surface area (Å²) in [6.45, 7) is 1.34. The van der Waals surface area contributed by atoms with Crippen molar-refractivity contribution in [2.75, 3.05) is 24.9 Å². The zero-order valence-corrected chi connectivity index (χ0v) is 20.8. The Labute approximate surface area is 213 Å². The smallest absolute Gasteiger partial charge is 0.331 e. The molecule has 3 aromatic rings. The number of hydrogen-bond donors (Lipinski definition) is 3. The normalized spacial score (nSPS) is 11.8. The molecule has 0 bridgehead atoms. The number of aliphatic carboxylic acids is 1. The van der Waals surface area contributed by atoms with E-state index >= 15 is 0 Å². The van der Waals surface area contributed by atoms with Crippen LogP contribution >= 0.6 is 11.8 Å². The fourth-order valence-electron chi connectivity index (χ4n) is 3.20. The van der Waals surface area contributed by atoms with Gasteiger partial charge in [0.2, 0.25) is 11.8 Å². The number of carbonyl (C=O) groups is 3. The molecule has 0 aromatic heterocycles. The summed E-state index contributed by atoms with van der Waals surface area (Å²) in [5.74, 6) is -0.850. The van der Waals surface area contributed by atoms with Crippen molar-refractivity contribution < 1.29 is 29.0 Å². The van der Waals surface area contributed by atoms with Crippen LogP contribution in [0.2, 0.25) is 0 Å². The number of rotatable bonds is 10. The van der Waals surface area contributed by atoms with E-state index in [-0.39, 0.29) is 11.5 Å². The maximum Gasteiger partial charge on any atom is 0.331 e. The van der Waals surface area contributed by atoms with Gasteiger partial charge in [-0.05, 0) is 48.9 Å². The van der Waals surface area contributed by atoms with Gasteiger partial charge in [-0.15, -0.1) is 11.8 Å². The molecule has 3 rings (SSSR count). The average Bonchev–Trinajstić information content (AvgIpc) is 2.88. The Bertz CT molecular complexity index is 1260. The van der Waals surface area contributed by atoms with Crippen LogP contribution in [0.3, 0.4) is 0 Å². The molecule has 186 valence electrons. The average molecular weight is 507 g/mol. The minimum Gasteiger partial charge on any atom is -0.497 e. The highest BCUT2D eigenvalue weighted by Gasteiger charge is 2.23. The topological polar surface area (TPSA) is 114 Å². The van der Waals surface area contributed by atoms with Gasteiger partial charge in [0.1, 0.15) is 16.7 Å². The van der Waals surface area contributed by atoms with E-state index in [1.54, 1.807) is 49.6 Å². The van der Waals surface area contributed by atoms with Gasteiger partial charge in [0.15, 0.2) is 0 Å². The number of anilines is 2. The molecule has 8 nitrogen and oxygen atoms in total. The number of nitrogens with one attached hydrogen (secondary N) is 2. The molecule has 0 unspecified atom stereocenters. The molecule has 0 saturated carbocycles. The second kappa shape index (κ2) is 12.5. The SMILES string of the molecule is COc1ccc(OC)c(NC(=O)[C@@H](Sc2ccc(NC(=O)/C=C(\C)C(=O)O)cc2)c2ccccc2)c1. The van der Waals surface area contributed by atoms with Crippen molar-refractivity contribution in [3.63, 3.8) is 0 Å². The number of hydrogen-bond acceptors (Lipinski definition) is 6. The van der Waals surface area contributed by atoms with Gasteiger partial charge in [0.05, 0.1) is 19.9 Å². The largest absolute Gasteiger partial charge is 0.497 e. The number of ether oxygens (including phenoxy) is 2. The molecule has 0 aliphatic carbocycles. The van der Waals surface area contributed by atoms with Crippen molar-refractivity contribution in [1.29, 1.82) is 0 Å². The zero-order chi connectivity index (χ0) is 26.1. The number of benzene rings is 3. The highest BCUT2D eigenvalue weighted by molar-refractivity contribution is 8.00. The lowest BCUT2D eigenvalue weighted by molar-refractivity contribution is -0.132. The van der Waals surface area contributed by atoms with Crippen LogP contribution in [0.15, 0.2) is 89.3 Å². The fraction of sp³-hybridized carbons (Fsp3) is 0.148. The van der Waals surface area contributed by atoms with Crippen LogP contribution in [0.1, 0.15) is 17.7 Å². The Morgan fingerprint density at radius 1 is 0.917 bits per heavy atom. The van der Waals surface area contributed by atoms with Crippen LogP contribution in [0.25, 0.3) is 0 Å². The van der Waals surface area contributed by atoms with Crippen molar-refractivity contribution in [2.45, 2.75) is 17.1 Å². The minimum absolute atomic E-state index is 0.0657. The first-order valence-electron chi connectivity index (χ1n) is 10.9. The van der Waals surface area contributed by atoms with Crippen molar-refractivity contribution in [3.05, 3.63) is 90.0 Å². The monoisotopic (exact) mass is 506 g/mol. The molecule has 9 heteroatoms. The van der Waals surface area contributed by atoms with Crippen LogP contribution in [-0.4, -0.2) is 37.1 Å². The molecular weight excluding hydrogens is 480 g/mol. The highest BCUT2D eigenvalue weighted by atomic mass is 32.2. The van der Waals surface area contributed by atoms with Crippen LogP contribution in [0, 0.1) is 0 Å². The predicted octanol–water partition coefficient (Wildman–Crippen LogP) is 5.15. The van der Waals surface area contributed by atoms with Gasteiger partial charge in [0, 0.05) is 28.3 Å². The van der Waals surface area contributed by atoms with Crippen molar-refractivity contribution in [2.24, 2.45) is 0 Å². The Hall–Kier alpha value is -4.24. The third-order valence-corrected chi connectivity index (χ3v) is 6.33. The van der Waals surface area contributed by atoms with E-state index in [2.05, 4.69) is 10.6 Å². The van der Waals surface area contributed by atoms with E-state index in [0.29, 0.717) is 22.9 Å². The number of carbonyl (C=O) groups excluding carboxylic acids is 2. The van der Waals surface area contributed by atoms with Crippen LogP contribution in [0.4, 0.5) is 11.4 Å². The molecule has 0 aliphatic rings. The zero-order valence-electron chi connectivity index (χ0n) is 20.0. The predicted molar refractivity (Wildman–Crippen MR) is 140 cm³/mol. The van der Waals surface area contributed by atoms with E-state index in [4.69, 9.17) is 14.6 Å². The summed E-state index contributed by atoms with van der Waals surface area (Å²) in [5.41, 5.74) is 1.74. The lowest BCUT2D eigenvalue weighted by atomic mass is 10.1. The third-order valence-electron chi connectivity index (χ3n) is 5.07. The molecule has 0 saturated heterocycles. The molecule has 0 spiro atoms. The fourth-order valence-corrected chi connectivity index (χ4v) is 4.22. The van der Waals surface area contributed by atoms with Crippen LogP contribution in [0.5, 0.6) is 11.5 Å². The quantitative estimate of drug-likeness (QED) is 0.258. The number of thioether (sulfide) groups is 1. The van der Waals surface area contributed by atoms with Gasteiger partial charge < -0.3 is 25.2 Å². The minimum atomic E-state index is -1.16. The molecular formula is C27H26N2O6S. The molecule has 0 heterocycles. The molecule has 0 aliphatic heterocycles. The highest BCUT2D eigenvalue weighted by Crippen LogP contribution is 2.38. The second-order valence-electron chi connectivity index (χ2n) is 7.61. The maximum absolute atomic E-state index is 13.4. The lowest BCUT2D eigenvalue weighted by Gasteiger charge is -2.19. The summed E-state index contributed by atoms with van der Waals surface area (Å²) in [6, 6.07) is 21.5. The van der Waals surface area contributed by atoms with E-state index < -0.39 is 17.1 Å². The van der Waals surface area contributed by atoms with Crippen LogP contribution < -0.4 is 20.1 Å². The van der Waals surface area contributed by atoms with Crippen molar-refractivity contribution in [3.8, 4) is 11.5 Å². The van der Waals surface area contributed by atoms with Gasteiger partial charge >= 0.3 is 5.97 Å². The molecule has 3 aromatic carbocycles. The maximum atomic E-state index is 13.4. The number of methoxy groups -OCH3 is 2. The molecule has 0 fully saturated rings. The van der Waals surface area contributed by atoms with Crippen molar-refractivity contribution >= 4 is 40.9 Å². The Morgan fingerprint density at radius 3 is 2.22 bits per heavy atom. The molecule has 1 atom stereocenters. The third kappa shape index (κ3) is 7.13. The van der Waals surface area contributed by atoms with E-state index in [1.807, 2.05) is 30.3 Å². The summed E-state index contributed by atoms with van der Waals surface area (Å²) in [4.78, 5) is 37.1. The lowest BCUT2D eigenvalue weighted by Crippen LogP contribution is -2.19. The Kier molecular flexibility index (Phi) is 9.13. The van der Waals surface area contributed by atoms with Gasteiger partial charge in [-0.2, -0.15) is 0 Å². The number of carboxylic acids is 1. The van der Waals surface area contributed by atoms with Gasteiger partial charge in [0.25, 0.3) is 0 Å². The van der Waals surface area contributed by atoms with Crippen molar-refractivity contribution in [1.82, 2.24) is 0 Å². The van der Waals surface area contributed by atoms with E-state index in [1.165, 1.54) is 25.8 Å². The van der Waals surface area contributed by atoms with Crippen LogP contribution in [-0.2, 0) is 14.4 Å². The summed E-state index contributed by atoms with van der Waals surface area (Å²) < 4.78 is 10.7. The van der Waals surface area contributed by atoms with E-state index in [0.717, 1.165) is 16.5 Å². The molecule has 0 radical (unpaired) electrons. The van der Waals surface area contributed by atoms with Gasteiger partial charge in [-0.25, -0.2) is 4.79 Å². The summed E-state index contributed by atoms with van der Waals surface area (Å²) in [5, 5.41) is 13.9. The standard InChI is InChI=1S/C27H26N2O6S/c1-17(27(32)33)15-24(30)28-19-9-12-21(13-10-19)36-25(18-7-5-4-6-8-18)26(31)29-22-16-20(34-2)11-14-23(22)35-3/h4-16,25H,1-3H3,(H,28,30)(H,29,31)(H,32,33)/b17-15+/t25-/m0/s1. The first-order chi connectivity index (χ1) is 17.3. The van der Waals surface area contributed by atoms with E-state index in [9.17, 15) is 14.4 Å². The Morgan fingerprint density at radius 2 is 1.61 bits per heavy atom. The molecule has 36 heavy (non-hydrogen) atoms. The molecule has 3 N–H and O–H groups in total. The second-order valence-corrected chi connectivity index (χ2v) is 8.79. The summed E-state index contributed by atoms with van der Waals surface area (Å²) in [6.07, 6.45) is 1.02. The number of carboxylic acid groups (broad SMARTS) is 1. The number of amides is 2. The Balaban J connectivity index is 1.80. The van der Waals surface area contributed by atoms with Gasteiger partial charge in [-0.1, -0.05) is 30.3 Å². The first-order valence-corrected chi connectivity index (χ1v) is 11.8.